The molecule has 0 bridgehead atoms. The second-order valence-electron chi connectivity index (χ2n) is 4.24. The number of aryl methyl sites for hydroxylation is 1. The number of hydrogen-bond acceptors (Lipinski definition) is 1. The van der Waals surface area contributed by atoms with Crippen molar-refractivity contribution in [2.75, 3.05) is 0 Å². The number of nitrogens with zero attached hydrogens (tertiary/aromatic N) is 2. The maximum absolute atomic E-state index is 4.66. The van der Waals surface area contributed by atoms with E-state index in [4.69, 9.17) is 0 Å². The van der Waals surface area contributed by atoms with Crippen LogP contribution in [0.2, 0.25) is 0 Å². The Morgan fingerprint density at radius 3 is 2.69 bits per heavy atom. The molecule has 13 heavy (non-hydrogen) atoms. The van der Waals surface area contributed by atoms with Crippen molar-refractivity contribution in [2.24, 2.45) is 0 Å². The molecule has 0 aromatic carbocycles. The van der Waals surface area contributed by atoms with E-state index in [1.54, 1.807) is 0 Å². The SMILES string of the molecule is CCc1cc(C(C)C)nn1C1CC1. The highest BCUT2D eigenvalue weighted by molar-refractivity contribution is 5.15. The molecule has 0 N–H and O–H groups in total. The van der Waals surface area contributed by atoms with Crippen LogP contribution in [-0.4, -0.2) is 9.78 Å². The first-order chi connectivity index (χ1) is 6.22. The van der Waals surface area contributed by atoms with E-state index in [0.717, 1.165) is 12.5 Å². The zero-order valence-electron chi connectivity index (χ0n) is 8.75. The lowest BCUT2D eigenvalue weighted by atomic mass is 10.1. The van der Waals surface area contributed by atoms with Gasteiger partial charge < -0.3 is 0 Å². The molecule has 1 aliphatic carbocycles. The summed E-state index contributed by atoms with van der Waals surface area (Å²) in [4.78, 5) is 0. The van der Waals surface area contributed by atoms with E-state index in [9.17, 15) is 0 Å². The van der Waals surface area contributed by atoms with Gasteiger partial charge in [0, 0.05) is 5.69 Å². The molecule has 2 nitrogen and oxygen atoms in total. The monoisotopic (exact) mass is 178 g/mol. The van der Waals surface area contributed by atoms with Gasteiger partial charge in [0.2, 0.25) is 0 Å². The Balaban J connectivity index is 2.31. The second-order valence-corrected chi connectivity index (χ2v) is 4.24. The van der Waals surface area contributed by atoms with Crippen molar-refractivity contribution < 1.29 is 0 Å². The fraction of sp³-hybridized carbons (Fsp3) is 0.727. The van der Waals surface area contributed by atoms with Crippen LogP contribution in [0.25, 0.3) is 0 Å². The van der Waals surface area contributed by atoms with E-state index in [1.165, 1.54) is 24.2 Å². The van der Waals surface area contributed by atoms with Crippen LogP contribution in [0.4, 0.5) is 0 Å². The molecule has 2 heteroatoms. The molecule has 72 valence electrons. The van der Waals surface area contributed by atoms with Gasteiger partial charge >= 0.3 is 0 Å². The van der Waals surface area contributed by atoms with Crippen LogP contribution in [0.3, 0.4) is 0 Å². The molecule has 0 radical (unpaired) electrons. The number of aromatic nitrogens is 2. The normalized spacial score (nSPS) is 16.9. The Morgan fingerprint density at radius 2 is 2.23 bits per heavy atom. The van der Waals surface area contributed by atoms with Crippen LogP contribution >= 0.6 is 0 Å². The molecule has 1 aromatic heterocycles. The third kappa shape index (κ3) is 1.62. The third-order valence-electron chi connectivity index (χ3n) is 2.68. The molecule has 0 aliphatic heterocycles. The standard InChI is InChI=1S/C11H18N2/c1-4-9-7-11(8(2)3)12-13(9)10-5-6-10/h7-8,10H,4-6H2,1-3H3. The van der Waals surface area contributed by atoms with Crippen molar-refractivity contribution in [2.45, 2.75) is 52.0 Å². The Labute approximate surface area is 80.0 Å². The van der Waals surface area contributed by atoms with Crippen molar-refractivity contribution in [1.29, 1.82) is 0 Å². The first kappa shape index (κ1) is 8.79. The van der Waals surface area contributed by atoms with Gasteiger partial charge in [0.15, 0.2) is 0 Å². The quantitative estimate of drug-likeness (QED) is 0.696. The summed E-state index contributed by atoms with van der Waals surface area (Å²) in [7, 11) is 0. The minimum Gasteiger partial charge on any atom is -0.266 e. The van der Waals surface area contributed by atoms with Crippen LogP contribution in [0, 0.1) is 0 Å². The van der Waals surface area contributed by atoms with Gasteiger partial charge in [0.25, 0.3) is 0 Å². The predicted molar refractivity (Wildman–Crippen MR) is 54.0 cm³/mol. The second kappa shape index (κ2) is 3.17. The summed E-state index contributed by atoms with van der Waals surface area (Å²) in [5.41, 5.74) is 2.66. The molecule has 0 amide bonds. The molecule has 1 aromatic rings. The third-order valence-corrected chi connectivity index (χ3v) is 2.68. The molecule has 0 atom stereocenters. The van der Waals surface area contributed by atoms with Gasteiger partial charge in [-0.05, 0) is 31.2 Å². The Bertz CT molecular complexity index is 295. The molecule has 1 fully saturated rings. The summed E-state index contributed by atoms with van der Waals surface area (Å²) in [5.74, 6) is 0.560. The molecule has 1 heterocycles. The van der Waals surface area contributed by atoms with E-state index in [1.807, 2.05) is 0 Å². The minimum absolute atomic E-state index is 0.560. The molecule has 0 unspecified atom stereocenters. The van der Waals surface area contributed by atoms with Crippen molar-refractivity contribution in [3.8, 4) is 0 Å². The highest BCUT2D eigenvalue weighted by atomic mass is 15.3. The van der Waals surface area contributed by atoms with Crippen LogP contribution in [-0.2, 0) is 6.42 Å². The lowest BCUT2D eigenvalue weighted by Crippen LogP contribution is -2.01. The van der Waals surface area contributed by atoms with Crippen molar-refractivity contribution in [3.63, 3.8) is 0 Å². The van der Waals surface area contributed by atoms with Crippen LogP contribution in [0.1, 0.15) is 57.0 Å². The topological polar surface area (TPSA) is 17.8 Å². The van der Waals surface area contributed by atoms with Gasteiger partial charge in [-0.2, -0.15) is 5.10 Å². The maximum atomic E-state index is 4.66. The largest absolute Gasteiger partial charge is 0.266 e. The summed E-state index contributed by atoms with van der Waals surface area (Å²) in [5, 5.41) is 4.66. The zero-order valence-corrected chi connectivity index (χ0v) is 8.75. The Hall–Kier alpha value is -0.790. The average molecular weight is 178 g/mol. The summed E-state index contributed by atoms with van der Waals surface area (Å²) < 4.78 is 2.25. The molecular weight excluding hydrogens is 160 g/mol. The summed E-state index contributed by atoms with van der Waals surface area (Å²) in [6.07, 6.45) is 3.76. The summed E-state index contributed by atoms with van der Waals surface area (Å²) >= 11 is 0. The lowest BCUT2D eigenvalue weighted by Gasteiger charge is -2.02. The van der Waals surface area contributed by atoms with E-state index >= 15 is 0 Å². The Morgan fingerprint density at radius 1 is 1.54 bits per heavy atom. The maximum Gasteiger partial charge on any atom is 0.0653 e. The number of rotatable bonds is 3. The first-order valence-corrected chi connectivity index (χ1v) is 5.30. The number of hydrogen-bond donors (Lipinski definition) is 0. The average Bonchev–Trinajstić information content (AvgIpc) is 2.84. The van der Waals surface area contributed by atoms with E-state index < -0.39 is 0 Å². The van der Waals surface area contributed by atoms with Gasteiger partial charge in [0.1, 0.15) is 0 Å². The molecule has 1 saturated carbocycles. The first-order valence-electron chi connectivity index (χ1n) is 5.30. The van der Waals surface area contributed by atoms with Crippen LogP contribution < -0.4 is 0 Å². The van der Waals surface area contributed by atoms with E-state index in [2.05, 4.69) is 36.6 Å². The fourth-order valence-electron chi connectivity index (χ4n) is 1.64. The van der Waals surface area contributed by atoms with Crippen LogP contribution in [0.5, 0.6) is 0 Å². The lowest BCUT2D eigenvalue weighted by molar-refractivity contribution is 0.594. The highest BCUT2D eigenvalue weighted by Gasteiger charge is 2.26. The smallest absolute Gasteiger partial charge is 0.0653 e. The molecule has 1 aliphatic rings. The Kier molecular flexibility index (Phi) is 2.14. The van der Waals surface area contributed by atoms with Gasteiger partial charge in [0.05, 0.1) is 11.7 Å². The highest BCUT2D eigenvalue weighted by Crippen LogP contribution is 2.36. The van der Waals surface area contributed by atoms with Gasteiger partial charge in [-0.25, -0.2) is 0 Å². The van der Waals surface area contributed by atoms with Gasteiger partial charge in [-0.3, -0.25) is 4.68 Å². The predicted octanol–water partition coefficient (Wildman–Crippen LogP) is 2.90. The van der Waals surface area contributed by atoms with E-state index in [0.29, 0.717) is 5.92 Å². The molecular formula is C11H18N2. The van der Waals surface area contributed by atoms with Gasteiger partial charge in [-0.15, -0.1) is 0 Å². The molecule has 2 rings (SSSR count). The van der Waals surface area contributed by atoms with E-state index in [-0.39, 0.29) is 0 Å². The van der Waals surface area contributed by atoms with Crippen molar-refractivity contribution >= 4 is 0 Å². The van der Waals surface area contributed by atoms with Crippen molar-refractivity contribution in [3.05, 3.63) is 17.5 Å². The minimum atomic E-state index is 0.560. The molecule has 0 saturated heterocycles. The molecule has 0 spiro atoms. The van der Waals surface area contributed by atoms with Gasteiger partial charge in [-0.1, -0.05) is 20.8 Å². The summed E-state index contributed by atoms with van der Waals surface area (Å²) in [6, 6.07) is 2.99. The zero-order chi connectivity index (χ0) is 9.42. The van der Waals surface area contributed by atoms with Crippen LogP contribution in [0.15, 0.2) is 6.07 Å². The fourth-order valence-corrected chi connectivity index (χ4v) is 1.64. The summed E-state index contributed by atoms with van der Waals surface area (Å²) in [6.45, 7) is 6.62. The van der Waals surface area contributed by atoms with Crippen molar-refractivity contribution in [1.82, 2.24) is 9.78 Å².